The molecule has 2 aromatic carbocycles. The summed E-state index contributed by atoms with van der Waals surface area (Å²) in [6.45, 7) is 3.57. The fourth-order valence-corrected chi connectivity index (χ4v) is 5.66. The van der Waals surface area contributed by atoms with Gasteiger partial charge in [0.05, 0.1) is 36.0 Å². The molecule has 1 amide bonds. The van der Waals surface area contributed by atoms with Crippen molar-refractivity contribution < 1.29 is 36.8 Å². The minimum absolute atomic E-state index is 0.00487. The molecular formula is C26H30FN3O7S. The highest BCUT2D eigenvalue weighted by molar-refractivity contribution is 7.89. The zero-order valence-electron chi connectivity index (χ0n) is 21.3. The zero-order valence-corrected chi connectivity index (χ0v) is 22.1. The number of sulfonamides is 1. The number of Topliss-reactive ketones (excluding diaryl/α,β-unsaturated/α-hetero) is 2. The summed E-state index contributed by atoms with van der Waals surface area (Å²) >= 11 is 0. The lowest BCUT2D eigenvalue weighted by Gasteiger charge is -2.24. The summed E-state index contributed by atoms with van der Waals surface area (Å²) in [5.74, 6) is -0.587. The van der Waals surface area contributed by atoms with Gasteiger partial charge in [0.15, 0.2) is 0 Å². The normalized spacial score (nSPS) is 18.8. The van der Waals surface area contributed by atoms with Crippen LogP contribution in [0.1, 0.15) is 32.3 Å². The van der Waals surface area contributed by atoms with Gasteiger partial charge in [-0.2, -0.15) is 0 Å². The molecule has 0 bridgehead atoms. The predicted molar refractivity (Wildman–Crippen MR) is 137 cm³/mol. The molecule has 2 aliphatic heterocycles. The highest BCUT2D eigenvalue weighted by Gasteiger charge is 2.33. The number of amides is 1. The van der Waals surface area contributed by atoms with Crippen LogP contribution in [0, 0.1) is 5.82 Å². The molecular weight excluding hydrogens is 517 g/mol. The van der Waals surface area contributed by atoms with E-state index in [0.29, 0.717) is 24.1 Å². The minimum atomic E-state index is -3.96. The first-order chi connectivity index (χ1) is 18.0. The second kappa shape index (κ2) is 11.6. The summed E-state index contributed by atoms with van der Waals surface area (Å²) in [6, 6.07) is 10.5. The smallest absolute Gasteiger partial charge is 0.414 e. The number of hydrogen-bond donors (Lipinski definition) is 0. The minimum Gasteiger partial charge on any atom is -0.444 e. The van der Waals surface area contributed by atoms with Gasteiger partial charge in [0.2, 0.25) is 0 Å². The Morgan fingerprint density at radius 2 is 1.76 bits per heavy atom. The number of nitrogens with zero attached hydrogens (tertiary/aromatic N) is 3. The number of benzene rings is 2. The Kier molecular flexibility index (Phi) is 8.44. The molecule has 0 spiro atoms. The molecule has 0 radical (unpaired) electrons. The van der Waals surface area contributed by atoms with E-state index < -0.39 is 28.0 Å². The van der Waals surface area contributed by atoms with Crippen molar-refractivity contribution in [3.8, 4) is 0 Å². The van der Waals surface area contributed by atoms with Gasteiger partial charge in [-0.25, -0.2) is 17.6 Å². The van der Waals surface area contributed by atoms with Gasteiger partial charge < -0.3 is 14.4 Å². The SMILES string of the molecule is CC(=O)CC[C@H]1CN(c2ccc(N3CCON(S(=O)(=O)c4ccc(CC(C)=O)cc4)CC3)c(F)c2)C(=O)O1. The average Bonchev–Trinajstić information content (AvgIpc) is 3.06. The van der Waals surface area contributed by atoms with Crippen LogP contribution in [0.3, 0.4) is 0 Å². The number of ketones is 2. The lowest BCUT2D eigenvalue weighted by atomic mass is 10.1. The summed E-state index contributed by atoms with van der Waals surface area (Å²) in [5.41, 5.74) is 1.31. The molecule has 10 nitrogen and oxygen atoms in total. The molecule has 38 heavy (non-hydrogen) atoms. The van der Waals surface area contributed by atoms with Crippen LogP contribution >= 0.6 is 0 Å². The quantitative estimate of drug-likeness (QED) is 0.471. The molecule has 12 heteroatoms. The molecule has 4 rings (SSSR count). The number of rotatable bonds is 9. The fraction of sp³-hybridized carbons (Fsp3) is 0.423. The van der Waals surface area contributed by atoms with E-state index in [9.17, 15) is 22.8 Å². The van der Waals surface area contributed by atoms with Crippen LogP contribution in [0.5, 0.6) is 0 Å². The number of carbonyl (C=O) groups is 3. The van der Waals surface area contributed by atoms with Crippen molar-refractivity contribution in [3.05, 3.63) is 53.8 Å². The van der Waals surface area contributed by atoms with Crippen molar-refractivity contribution in [1.29, 1.82) is 0 Å². The van der Waals surface area contributed by atoms with Crippen LogP contribution in [0.15, 0.2) is 47.4 Å². The maximum Gasteiger partial charge on any atom is 0.414 e. The summed E-state index contributed by atoms with van der Waals surface area (Å²) in [6.07, 6.45) is -0.0968. The standard InChI is InChI=1S/C26H30FN3O7S/c1-18(31)3-7-22-17-29(26(33)37-22)21-6-10-25(24(27)16-21)28-11-12-30(36-14-13-28)38(34,35)23-8-4-20(5-9-23)15-19(2)32/h4-6,8-10,16,22H,3,7,11-15,17H2,1-2H3/t22-/m0/s1. The Hall–Kier alpha value is -3.35. The third kappa shape index (κ3) is 6.37. The van der Waals surface area contributed by atoms with Gasteiger partial charge in [0.25, 0.3) is 10.0 Å². The second-order valence-corrected chi connectivity index (χ2v) is 11.2. The predicted octanol–water partition coefficient (Wildman–Crippen LogP) is 3.09. The Labute approximate surface area is 220 Å². The number of hydroxylamine groups is 1. The van der Waals surface area contributed by atoms with E-state index in [-0.39, 0.29) is 61.4 Å². The summed E-state index contributed by atoms with van der Waals surface area (Å²) in [4.78, 5) is 43.4. The van der Waals surface area contributed by atoms with Crippen molar-refractivity contribution in [2.75, 3.05) is 42.6 Å². The first-order valence-electron chi connectivity index (χ1n) is 12.3. The maximum atomic E-state index is 15.2. The van der Waals surface area contributed by atoms with Crippen molar-refractivity contribution >= 4 is 39.1 Å². The topological polar surface area (TPSA) is 114 Å². The first kappa shape index (κ1) is 27.7. The van der Waals surface area contributed by atoms with E-state index in [4.69, 9.17) is 9.57 Å². The van der Waals surface area contributed by atoms with Crippen molar-refractivity contribution in [3.63, 3.8) is 0 Å². The van der Waals surface area contributed by atoms with Crippen LogP contribution in [0.2, 0.25) is 0 Å². The van der Waals surface area contributed by atoms with Gasteiger partial charge in [0, 0.05) is 25.9 Å². The summed E-state index contributed by atoms with van der Waals surface area (Å²) < 4.78 is 47.5. The van der Waals surface area contributed by atoms with Crippen molar-refractivity contribution in [2.24, 2.45) is 0 Å². The average molecular weight is 548 g/mol. The molecule has 1 atom stereocenters. The monoisotopic (exact) mass is 547 g/mol. The zero-order chi connectivity index (χ0) is 27.4. The third-order valence-electron chi connectivity index (χ3n) is 6.37. The molecule has 0 aromatic heterocycles. The molecule has 2 aliphatic rings. The Bertz CT molecular complexity index is 1320. The number of carbonyl (C=O) groups excluding carboxylic acids is 3. The largest absolute Gasteiger partial charge is 0.444 e. The van der Waals surface area contributed by atoms with Crippen LogP contribution in [0.25, 0.3) is 0 Å². The highest BCUT2D eigenvalue weighted by Crippen LogP contribution is 2.29. The number of hydrogen-bond acceptors (Lipinski definition) is 8. The molecule has 2 heterocycles. The van der Waals surface area contributed by atoms with Gasteiger partial charge in [0.1, 0.15) is 23.5 Å². The van der Waals surface area contributed by atoms with E-state index in [2.05, 4.69) is 0 Å². The van der Waals surface area contributed by atoms with Gasteiger partial charge in [-0.1, -0.05) is 16.6 Å². The number of ether oxygens (including phenoxy) is 1. The maximum absolute atomic E-state index is 15.2. The molecule has 204 valence electrons. The van der Waals surface area contributed by atoms with Crippen molar-refractivity contribution in [1.82, 2.24) is 4.47 Å². The van der Waals surface area contributed by atoms with E-state index in [1.807, 2.05) is 0 Å². The van der Waals surface area contributed by atoms with Gasteiger partial charge in [-0.3, -0.25) is 14.5 Å². The Balaban J connectivity index is 1.41. The summed E-state index contributed by atoms with van der Waals surface area (Å²) in [5, 5.41) is 0. The second-order valence-electron chi connectivity index (χ2n) is 9.37. The number of halogens is 1. The molecule has 0 aliphatic carbocycles. The highest BCUT2D eigenvalue weighted by atomic mass is 32.2. The number of cyclic esters (lactones) is 1. The van der Waals surface area contributed by atoms with Gasteiger partial charge >= 0.3 is 6.09 Å². The van der Waals surface area contributed by atoms with Crippen LogP contribution < -0.4 is 9.80 Å². The molecule has 2 fully saturated rings. The van der Waals surface area contributed by atoms with Gasteiger partial charge in [-0.15, -0.1) is 0 Å². The lowest BCUT2D eigenvalue weighted by molar-refractivity contribution is -0.117. The van der Waals surface area contributed by atoms with Crippen molar-refractivity contribution in [2.45, 2.75) is 44.1 Å². The summed E-state index contributed by atoms with van der Waals surface area (Å²) in [7, 11) is -3.96. The van der Waals surface area contributed by atoms with E-state index in [1.54, 1.807) is 29.2 Å². The lowest BCUT2D eigenvalue weighted by Crippen LogP contribution is -2.34. The molecule has 0 N–H and O–H groups in total. The van der Waals surface area contributed by atoms with Crippen LogP contribution in [0.4, 0.5) is 20.6 Å². The van der Waals surface area contributed by atoms with Crippen LogP contribution in [-0.2, 0) is 35.6 Å². The Morgan fingerprint density at radius 1 is 1.03 bits per heavy atom. The first-order valence-corrected chi connectivity index (χ1v) is 13.7. The van der Waals surface area contributed by atoms with Gasteiger partial charge in [-0.05, 0) is 56.2 Å². The van der Waals surface area contributed by atoms with E-state index in [0.717, 1.165) is 4.47 Å². The molecule has 2 saturated heterocycles. The Morgan fingerprint density at radius 3 is 2.42 bits per heavy atom. The fourth-order valence-electron chi connectivity index (χ4n) is 4.41. The number of anilines is 2. The van der Waals surface area contributed by atoms with Crippen LogP contribution in [-0.4, -0.2) is 69.4 Å². The van der Waals surface area contributed by atoms with E-state index in [1.165, 1.54) is 36.9 Å². The van der Waals surface area contributed by atoms with E-state index >= 15 is 4.39 Å². The molecule has 0 unspecified atom stereocenters. The molecule has 0 saturated carbocycles. The third-order valence-corrected chi connectivity index (χ3v) is 8.06. The molecule has 2 aromatic rings.